The Morgan fingerprint density at radius 3 is 2.40 bits per heavy atom. The number of aryl methyl sites for hydroxylation is 2. The van der Waals surface area contributed by atoms with Crippen molar-refractivity contribution in [3.8, 4) is 17.2 Å². The molecular weight excluding hydrogens is 410 g/mol. The topological polar surface area (TPSA) is 80.0 Å². The monoisotopic (exact) mass is 431 g/mol. The van der Waals surface area contributed by atoms with Gasteiger partial charge in [-0.1, -0.05) is 16.8 Å². The highest BCUT2D eigenvalue weighted by atomic mass is 35.5. The minimum atomic E-state index is -0.507. The zero-order chi connectivity index (χ0) is 21.7. The second kappa shape index (κ2) is 9.54. The molecule has 0 N–H and O–H groups in total. The Kier molecular flexibility index (Phi) is 6.84. The number of esters is 1. The molecular formula is C22H22ClNO6. The number of benzene rings is 2. The first-order valence-electron chi connectivity index (χ1n) is 9.15. The maximum atomic E-state index is 12.5. The molecule has 7 nitrogen and oxygen atoms in total. The molecule has 0 saturated carbocycles. The van der Waals surface area contributed by atoms with Crippen molar-refractivity contribution in [1.29, 1.82) is 0 Å². The van der Waals surface area contributed by atoms with E-state index in [0.29, 0.717) is 39.2 Å². The summed E-state index contributed by atoms with van der Waals surface area (Å²) >= 11 is 6.01. The van der Waals surface area contributed by atoms with Crippen LogP contribution in [0, 0.1) is 13.8 Å². The van der Waals surface area contributed by atoms with Gasteiger partial charge in [0.1, 0.15) is 24.7 Å². The maximum absolute atomic E-state index is 12.5. The fourth-order valence-electron chi connectivity index (χ4n) is 2.86. The van der Waals surface area contributed by atoms with Gasteiger partial charge in [-0.15, -0.1) is 0 Å². The van der Waals surface area contributed by atoms with Crippen LogP contribution >= 0.6 is 11.6 Å². The van der Waals surface area contributed by atoms with Crippen LogP contribution in [0.15, 0.2) is 40.9 Å². The highest BCUT2D eigenvalue weighted by Crippen LogP contribution is 2.30. The Morgan fingerprint density at radius 2 is 1.73 bits per heavy atom. The Balaban J connectivity index is 1.69. The van der Waals surface area contributed by atoms with E-state index in [1.54, 1.807) is 43.5 Å². The Morgan fingerprint density at radius 1 is 1.00 bits per heavy atom. The van der Waals surface area contributed by atoms with E-state index in [2.05, 4.69) is 5.16 Å². The van der Waals surface area contributed by atoms with Gasteiger partial charge < -0.3 is 23.5 Å². The van der Waals surface area contributed by atoms with Crippen molar-refractivity contribution < 1.29 is 28.3 Å². The SMILES string of the molecule is COc1ccc(Cl)cc1COC(=O)c1ccc(OCc2c(C)noc2C)c(OC)c1. The second-order valence-electron chi connectivity index (χ2n) is 6.49. The first-order chi connectivity index (χ1) is 14.4. The van der Waals surface area contributed by atoms with Crippen LogP contribution in [-0.4, -0.2) is 25.3 Å². The molecule has 0 aliphatic heterocycles. The summed E-state index contributed by atoms with van der Waals surface area (Å²) in [6, 6.07) is 9.97. The molecule has 2 aromatic carbocycles. The number of halogens is 1. The zero-order valence-electron chi connectivity index (χ0n) is 17.2. The number of hydrogen-bond donors (Lipinski definition) is 0. The third-order valence-corrected chi connectivity index (χ3v) is 4.79. The first-order valence-corrected chi connectivity index (χ1v) is 9.52. The fourth-order valence-corrected chi connectivity index (χ4v) is 3.05. The molecule has 0 saturated heterocycles. The van der Waals surface area contributed by atoms with Crippen molar-refractivity contribution in [3.63, 3.8) is 0 Å². The number of hydrogen-bond acceptors (Lipinski definition) is 7. The van der Waals surface area contributed by atoms with Crippen LogP contribution in [0.2, 0.25) is 5.02 Å². The fraction of sp³-hybridized carbons (Fsp3) is 0.273. The van der Waals surface area contributed by atoms with Crippen molar-refractivity contribution in [2.45, 2.75) is 27.1 Å². The van der Waals surface area contributed by atoms with Gasteiger partial charge in [0.15, 0.2) is 11.5 Å². The number of aromatic nitrogens is 1. The Hall–Kier alpha value is -3.19. The van der Waals surface area contributed by atoms with Gasteiger partial charge in [0.2, 0.25) is 0 Å². The summed E-state index contributed by atoms with van der Waals surface area (Å²) in [6.45, 7) is 3.97. The Labute approximate surface area is 179 Å². The van der Waals surface area contributed by atoms with E-state index >= 15 is 0 Å². The number of nitrogens with zero attached hydrogens (tertiary/aromatic N) is 1. The van der Waals surface area contributed by atoms with E-state index in [9.17, 15) is 4.79 Å². The van der Waals surface area contributed by atoms with Crippen LogP contribution in [0.4, 0.5) is 0 Å². The van der Waals surface area contributed by atoms with Crippen LogP contribution in [0.3, 0.4) is 0 Å². The summed E-state index contributed by atoms with van der Waals surface area (Å²) < 4.78 is 27.0. The van der Waals surface area contributed by atoms with Crippen LogP contribution in [0.1, 0.15) is 32.9 Å². The maximum Gasteiger partial charge on any atom is 0.338 e. The predicted octanol–water partition coefficient (Wildman–Crippen LogP) is 4.90. The molecule has 0 spiro atoms. The van der Waals surface area contributed by atoms with Crippen molar-refractivity contribution in [1.82, 2.24) is 5.16 Å². The molecule has 0 aliphatic rings. The largest absolute Gasteiger partial charge is 0.496 e. The summed E-state index contributed by atoms with van der Waals surface area (Å²) in [5.41, 5.74) is 2.64. The second-order valence-corrected chi connectivity index (χ2v) is 6.93. The third-order valence-electron chi connectivity index (χ3n) is 4.55. The van der Waals surface area contributed by atoms with E-state index < -0.39 is 5.97 Å². The molecule has 158 valence electrons. The number of carbonyl (C=O) groups excluding carboxylic acids is 1. The lowest BCUT2D eigenvalue weighted by Crippen LogP contribution is -2.07. The lowest BCUT2D eigenvalue weighted by molar-refractivity contribution is 0.0469. The van der Waals surface area contributed by atoms with Gasteiger partial charge in [-0.25, -0.2) is 4.79 Å². The first kappa shape index (κ1) is 21.5. The summed E-state index contributed by atoms with van der Waals surface area (Å²) in [5.74, 6) is 1.69. The smallest absolute Gasteiger partial charge is 0.338 e. The van der Waals surface area contributed by atoms with Gasteiger partial charge in [-0.2, -0.15) is 0 Å². The minimum absolute atomic E-state index is 0.0230. The van der Waals surface area contributed by atoms with Gasteiger partial charge >= 0.3 is 5.97 Å². The predicted molar refractivity (Wildman–Crippen MR) is 110 cm³/mol. The van der Waals surface area contributed by atoms with Crippen molar-refractivity contribution >= 4 is 17.6 Å². The van der Waals surface area contributed by atoms with E-state index in [-0.39, 0.29) is 13.2 Å². The molecule has 0 bridgehead atoms. The molecule has 1 aromatic heterocycles. The quantitative estimate of drug-likeness (QED) is 0.469. The Bertz CT molecular complexity index is 1030. The molecule has 0 amide bonds. The van der Waals surface area contributed by atoms with E-state index in [1.165, 1.54) is 7.11 Å². The molecule has 8 heteroatoms. The number of rotatable bonds is 8. The van der Waals surface area contributed by atoms with Gasteiger partial charge in [0, 0.05) is 10.6 Å². The van der Waals surface area contributed by atoms with Crippen molar-refractivity contribution in [2.75, 3.05) is 14.2 Å². The molecule has 0 fully saturated rings. The molecule has 3 aromatic rings. The zero-order valence-corrected chi connectivity index (χ0v) is 17.9. The summed E-state index contributed by atoms with van der Waals surface area (Å²) in [4.78, 5) is 12.5. The summed E-state index contributed by atoms with van der Waals surface area (Å²) in [7, 11) is 3.05. The van der Waals surface area contributed by atoms with Gasteiger partial charge in [-0.3, -0.25) is 0 Å². The summed E-state index contributed by atoms with van der Waals surface area (Å²) in [6.07, 6.45) is 0. The lowest BCUT2D eigenvalue weighted by atomic mass is 10.2. The normalized spacial score (nSPS) is 10.6. The molecule has 1 heterocycles. The molecule has 0 aliphatic carbocycles. The molecule has 0 radical (unpaired) electrons. The molecule has 30 heavy (non-hydrogen) atoms. The van der Waals surface area contributed by atoms with Crippen molar-refractivity contribution in [3.05, 3.63) is 69.6 Å². The lowest BCUT2D eigenvalue weighted by Gasteiger charge is -2.13. The van der Waals surface area contributed by atoms with Crippen molar-refractivity contribution in [2.24, 2.45) is 0 Å². The van der Waals surface area contributed by atoms with E-state index in [0.717, 1.165) is 11.3 Å². The highest BCUT2D eigenvalue weighted by Gasteiger charge is 2.16. The van der Waals surface area contributed by atoms with Crippen LogP contribution in [0.25, 0.3) is 0 Å². The average molecular weight is 432 g/mol. The molecule has 3 rings (SSSR count). The minimum Gasteiger partial charge on any atom is -0.496 e. The molecule has 0 atom stereocenters. The van der Waals surface area contributed by atoms with Crippen LogP contribution < -0.4 is 14.2 Å². The number of carbonyl (C=O) groups is 1. The number of ether oxygens (including phenoxy) is 4. The standard InChI is InChI=1S/C22H22ClNO6/c1-13-18(14(2)30-24-13)12-28-20-7-5-15(10-21(20)27-4)22(25)29-11-16-9-17(23)6-8-19(16)26-3/h5-10H,11-12H2,1-4H3. The molecule has 0 unspecified atom stereocenters. The van der Waals surface area contributed by atoms with Crippen LogP contribution in [-0.2, 0) is 18.0 Å². The third kappa shape index (κ3) is 4.86. The summed E-state index contributed by atoms with van der Waals surface area (Å²) in [5, 5.41) is 4.44. The average Bonchev–Trinajstić information content (AvgIpc) is 3.07. The van der Waals surface area contributed by atoms with Gasteiger partial charge in [0.05, 0.1) is 31.0 Å². The van der Waals surface area contributed by atoms with Gasteiger partial charge in [-0.05, 0) is 50.2 Å². The van der Waals surface area contributed by atoms with E-state index in [1.807, 2.05) is 13.8 Å². The van der Waals surface area contributed by atoms with E-state index in [4.69, 9.17) is 35.1 Å². The highest BCUT2D eigenvalue weighted by molar-refractivity contribution is 6.30. The number of methoxy groups -OCH3 is 2. The van der Waals surface area contributed by atoms with Crippen LogP contribution in [0.5, 0.6) is 17.2 Å². The van der Waals surface area contributed by atoms with Gasteiger partial charge in [0.25, 0.3) is 0 Å².